The quantitative estimate of drug-likeness (QED) is 0.480. The smallest absolute Gasteiger partial charge is 0.0101 e. The first-order valence-electron chi connectivity index (χ1n) is 3.68. The van der Waals surface area contributed by atoms with Crippen LogP contribution in [0.3, 0.4) is 0 Å². The van der Waals surface area contributed by atoms with Gasteiger partial charge in [0.25, 0.3) is 0 Å². The third kappa shape index (κ3) is 0.278. The summed E-state index contributed by atoms with van der Waals surface area (Å²) in [5.41, 5.74) is 0. The lowest BCUT2D eigenvalue weighted by Gasteiger charge is -2.07. The molecule has 0 aromatic carbocycles. The molecule has 0 spiro atoms. The van der Waals surface area contributed by atoms with E-state index in [9.17, 15) is 0 Å². The molecule has 1 nitrogen and oxygen atoms in total. The Bertz CT molecular complexity index is 118. The fourth-order valence-electron chi connectivity index (χ4n) is 2.69. The Morgan fingerprint density at radius 2 is 2.12 bits per heavy atom. The molecular formula is C7H11N. The van der Waals surface area contributed by atoms with Crippen LogP contribution < -0.4 is 5.32 Å². The van der Waals surface area contributed by atoms with E-state index in [1.807, 2.05) is 0 Å². The number of nitrogens with one attached hydrogen (secondary N) is 1. The Labute approximate surface area is 49.5 Å². The minimum Gasteiger partial charge on any atom is -0.313 e. The number of piperidine rings is 1. The van der Waals surface area contributed by atoms with Gasteiger partial charge in [0.2, 0.25) is 0 Å². The van der Waals surface area contributed by atoms with Gasteiger partial charge in [0.15, 0.2) is 0 Å². The lowest BCUT2D eigenvalue weighted by Crippen LogP contribution is -2.26. The molecule has 2 aliphatic carbocycles. The Morgan fingerprint density at radius 1 is 1.12 bits per heavy atom. The second-order valence-electron chi connectivity index (χ2n) is 3.57. The van der Waals surface area contributed by atoms with Gasteiger partial charge in [-0.25, -0.2) is 0 Å². The van der Waals surface area contributed by atoms with E-state index in [0.29, 0.717) is 0 Å². The van der Waals surface area contributed by atoms with E-state index in [0.717, 1.165) is 17.9 Å². The summed E-state index contributed by atoms with van der Waals surface area (Å²) in [7, 11) is 0. The van der Waals surface area contributed by atoms with Gasteiger partial charge in [-0.15, -0.1) is 0 Å². The molecular weight excluding hydrogens is 98.1 g/mol. The van der Waals surface area contributed by atoms with E-state index in [2.05, 4.69) is 5.32 Å². The number of fused-ring (bicyclic) bond motifs is 5. The SMILES string of the molecule is C1NC2CC1C1CC21. The van der Waals surface area contributed by atoms with Gasteiger partial charge in [0.1, 0.15) is 0 Å². The molecule has 2 saturated carbocycles. The molecule has 4 atom stereocenters. The Morgan fingerprint density at radius 3 is 2.62 bits per heavy atom. The Hall–Kier alpha value is -0.0400. The van der Waals surface area contributed by atoms with Crippen molar-refractivity contribution in [2.24, 2.45) is 17.8 Å². The first-order chi connectivity index (χ1) is 3.95. The van der Waals surface area contributed by atoms with Crippen LogP contribution in [0.15, 0.2) is 0 Å². The van der Waals surface area contributed by atoms with Gasteiger partial charge in [-0.1, -0.05) is 0 Å². The molecule has 3 fully saturated rings. The van der Waals surface area contributed by atoms with E-state index >= 15 is 0 Å². The van der Waals surface area contributed by atoms with Crippen molar-refractivity contribution in [2.45, 2.75) is 18.9 Å². The van der Waals surface area contributed by atoms with Gasteiger partial charge < -0.3 is 5.32 Å². The normalized spacial score (nSPS) is 66.0. The van der Waals surface area contributed by atoms with Gasteiger partial charge >= 0.3 is 0 Å². The van der Waals surface area contributed by atoms with Gasteiger partial charge in [0, 0.05) is 6.04 Å². The van der Waals surface area contributed by atoms with Crippen LogP contribution in [0.4, 0.5) is 0 Å². The molecule has 44 valence electrons. The van der Waals surface area contributed by atoms with Crippen molar-refractivity contribution in [3.8, 4) is 0 Å². The minimum atomic E-state index is 0.963. The maximum Gasteiger partial charge on any atom is 0.0101 e. The Balaban J connectivity index is 2.02. The third-order valence-corrected chi connectivity index (χ3v) is 3.21. The summed E-state index contributed by atoms with van der Waals surface area (Å²) in [6, 6.07) is 0.963. The van der Waals surface area contributed by atoms with Crippen molar-refractivity contribution in [1.29, 1.82) is 0 Å². The molecule has 1 aliphatic heterocycles. The summed E-state index contributed by atoms with van der Waals surface area (Å²) >= 11 is 0. The molecule has 0 radical (unpaired) electrons. The molecule has 2 bridgehead atoms. The van der Waals surface area contributed by atoms with Crippen molar-refractivity contribution in [2.75, 3.05) is 6.54 Å². The van der Waals surface area contributed by atoms with Crippen molar-refractivity contribution in [3.05, 3.63) is 0 Å². The fourth-order valence-corrected chi connectivity index (χ4v) is 2.69. The zero-order valence-corrected chi connectivity index (χ0v) is 4.93. The first kappa shape index (κ1) is 3.89. The highest BCUT2D eigenvalue weighted by atomic mass is 15.0. The van der Waals surface area contributed by atoms with Crippen molar-refractivity contribution in [3.63, 3.8) is 0 Å². The van der Waals surface area contributed by atoms with Crippen LogP contribution >= 0.6 is 0 Å². The van der Waals surface area contributed by atoms with Gasteiger partial charge in [0.05, 0.1) is 0 Å². The summed E-state index contributed by atoms with van der Waals surface area (Å²) in [6.07, 6.45) is 3.07. The summed E-state index contributed by atoms with van der Waals surface area (Å²) in [5.74, 6) is 3.42. The van der Waals surface area contributed by atoms with Crippen LogP contribution in [0.1, 0.15) is 12.8 Å². The zero-order chi connectivity index (χ0) is 5.14. The lowest BCUT2D eigenvalue weighted by molar-refractivity contribution is 0.480. The molecule has 1 heterocycles. The molecule has 3 rings (SSSR count). The molecule has 8 heavy (non-hydrogen) atoms. The number of hydrogen-bond donors (Lipinski definition) is 1. The predicted octanol–water partition coefficient (Wildman–Crippen LogP) is 0.614. The molecule has 0 aromatic rings. The molecule has 4 unspecified atom stereocenters. The van der Waals surface area contributed by atoms with Crippen LogP contribution in [-0.4, -0.2) is 12.6 Å². The second kappa shape index (κ2) is 0.971. The predicted molar refractivity (Wildman–Crippen MR) is 31.5 cm³/mol. The molecule has 0 aromatic heterocycles. The maximum absolute atomic E-state index is 3.55. The summed E-state index contributed by atoms with van der Waals surface area (Å²) in [5, 5.41) is 3.55. The highest BCUT2D eigenvalue weighted by Crippen LogP contribution is 2.57. The monoisotopic (exact) mass is 109 g/mol. The Kier molecular flexibility index (Phi) is 0.472. The van der Waals surface area contributed by atoms with Crippen LogP contribution in [0.5, 0.6) is 0 Å². The molecule has 0 amide bonds. The van der Waals surface area contributed by atoms with E-state index in [-0.39, 0.29) is 0 Å². The van der Waals surface area contributed by atoms with Crippen molar-refractivity contribution in [1.82, 2.24) is 5.32 Å². The maximum atomic E-state index is 3.55. The molecule has 3 aliphatic rings. The van der Waals surface area contributed by atoms with Crippen molar-refractivity contribution < 1.29 is 0 Å². The fraction of sp³-hybridized carbons (Fsp3) is 1.00. The summed E-state index contributed by atoms with van der Waals surface area (Å²) in [6.45, 7) is 1.34. The lowest BCUT2D eigenvalue weighted by atomic mass is 10.1. The average molecular weight is 109 g/mol. The van der Waals surface area contributed by atoms with E-state index in [1.165, 1.54) is 18.9 Å². The van der Waals surface area contributed by atoms with Gasteiger partial charge in [-0.2, -0.15) is 0 Å². The summed E-state index contributed by atoms with van der Waals surface area (Å²) in [4.78, 5) is 0. The topological polar surface area (TPSA) is 12.0 Å². The largest absolute Gasteiger partial charge is 0.313 e. The van der Waals surface area contributed by atoms with Crippen molar-refractivity contribution >= 4 is 0 Å². The van der Waals surface area contributed by atoms with Crippen LogP contribution in [0.25, 0.3) is 0 Å². The highest BCUT2D eigenvalue weighted by molar-refractivity contribution is 5.10. The van der Waals surface area contributed by atoms with Gasteiger partial charge in [-0.05, 0) is 37.1 Å². The summed E-state index contributed by atoms with van der Waals surface area (Å²) < 4.78 is 0. The molecule has 1 saturated heterocycles. The molecule has 1 heteroatoms. The van der Waals surface area contributed by atoms with Crippen LogP contribution in [-0.2, 0) is 0 Å². The highest BCUT2D eigenvalue weighted by Gasteiger charge is 2.57. The van der Waals surface area contributed by atoms with Crippen LogP contribution in [0.2, 0.25) is 0 Å². The first-order valence-corrected chi connectivity index (χ1v) is 3.68. The third-order valence-electron chi connectivity index (χ3n) is 3.21. The number of hydrogen-bond acceptors (Lipinski definition) is 1. The average Bonchev–Trinajstić information content (AvgIpc) is 2.39. The van der Waals surface area contributed by atoms with E-state index in [1.54, 1.807) is 6.42 Å². The van der Waals surface area contributed by atoms with E-state index < -0.39 is 0 Å². The standard InChI is InChI=1S/C7H11N/c1-4-3-8-7(1)6-2-5(4)6/h4-8H,1-3H2. The van der Waals surface area contributed by atoms with Crippen LogP contribution in [0, 0.1) is 17.8 Å². The minimum absolute atomic E-state index is 0.963. The number of rotatable bonds is 0. The zero-order valence-electron chi connectivity index (χ0n) is 4.93. The van der Waals surface area contributed by atoms with Gasteiger partial charge in [-0.3, -0.25) is 0 Å². The van der Waals surface area contributed by atoms with E-state index in [4.69, 9.17) is 0 Å². The molecule has 1 N–H and O–H groups in total. The second-order valence-corrected chi connectivity index (χ2v) is 3.57.